The van der Waals surface area contributed by atoms with Crippen molar-refractivity contribution in [2.24, 2.45) is 5.73 Å². The van der Waals surface area contributed by atoms with E-state index in [-0.39, 0.29) is 12.4 Å². The van der Waals surface area contributed by atoms with Gasteiger partial charge in [0.1, 0.15) is 0 Å². The van der Waals surface area contributed by atoms with E-state index >= 15 is 0 Å². The number of halogens is 4. The topological polar surface area (TPSA) is 65.3 Å². The Kier molecular flexibility index (Phi) is 9.17. The standard InChI is InChI=1S/C21H28F3N5S.ClH/c1-3-29(2)15-5-6-16-18(13-15)30-19-12-14(21(22,23)24)11-17(20(19)28-16)27-9-4-8-26-10-7-25;/h5-6,11-13,26-28H,3-4,7-10,25H2,1-2H3;1H. The van der Waals surface area contributed by atoms with Gasteiger partial charge in [-0.25, -0.2) is 0 Å². The minimum absolute atomic E-state index is 0. The molecule has 0 spiro atoms. The van der Waals surface area contributed by atoms with E-state index in [9.17, 15) is 13.2 Å². The van der Waals surface area contributed by atoms with Crippen molar-refractivity contribution in [3.8, 4) is 0 Å². The van der Waals surface area contributed by atoms with Crippen LogP contribution in [-0.4, -0.2) is 39.8 Å². The van der Waals surface area contributed by atoms with Crippen molar-refractivity contribution in [3.05, 3.63) is 35.9 Å². The van der Waals surface area contributed by atoms with Crippen LogP contribution in [0.15, 0.2) is 40.1 Å². The number of anilines is 4. The lowest BCUT2D eigenvalue weighted by Crippen LogP contribution is -2.24. The molecule has 0 fully saturated rings. The number of alkyl halides is 3. The molecule has 1 heterocycles. The highest BCUT2D eigenvalue weighted by Gasteiger charge is 2.33. The molecular formula is C21H29ClF3N5S. The minimum Gasteiger partial charge on any atom is -0.383 e. The zero-order valence-electron chi connectivity index (χ0n) is 17.6. The molecule has 2 aromatic carbocycles. The molecule has 172 valence electrons. The van der Waals surface area contributed by atoms with E-state index in [2.05, 4.69) is 27.8 Å². The van der Waals surface area contributed by atoms with Gasteiger partial charge in [0, 0.05) is 48.7 Å². The molecule has 1 aliphatic rings. The van der Waals surface area contributed by atoms with E-state index in [4.69, 9.17) is 5.73 Å². The van der Waals surface area contributed by atoms with Gasteiger partial charge in [-0.05, 0) is 50.2 Å². The smallest absolute Gasteiger partial charge is 0.383 e. The number of fused-ring (bicyclic) bond motifs is 2. The molecule has 0 aliphatic carbocycles. The molecule has 10 heteroatoms. The molecular weight excluding hydrogens is 447 g/mol. The van der Waals surface area contributed by atoms with Crippen molar-refractivity contribution >= 4 is 46.9 Å². The summed E-state index contributed by atoms with van der Waals surface area (Å²) in [5.41, 5.74) is 7.87. The molecule has 0 aromatic heterocycles. The second kappa shape index (κ2) is 11.2. The van der Waals surface area contributed by atoms with E-state index in [1.165, 1.54) is 23.9 Å². The van der Waals surface area contributed by atoms with Crippen molar-refractivity contribution < 1.29 is 13.2 Å². The van der Waals surface area contributed by atoms with Crippen LogP contribution >= 0.6 is 24.2 Å². The van der Waals surface area contributed by atoms with Crippen LogP contribution < -0.4 is 26.6 Å². The van der Waals surface area contributed by atoms with Gasteiger partial charge < -0.3 is 26.6 Å². The van der Waals surface area contributed by atoms with E-state index < -0.39 is 11.7 Å². The number of hydrogen-bond acceptors (Lipinski definition) is 6. The fraction of sp³-hybridized carbons (Fsp3) is 0.429. The summed E-state index contributed by atoms with van der Waals surface area (Å²) in [6.45, 7) is 5.50. The maximum atomic E-state index is 13.5. The van der Waals surface area contributed by atoms with Crippen LogP contribution in [0.3, 0.4) is 0 Å². The molecule has 0 saturated heterocycles. The lowest BCUT2D eigenvalue weighted by molar-refractivity contribution is -0.137. The van der Waals surface area contributed by atoms with Gasteiger partial charge in [-0.15, -0.1) is 12.4 Å². The van der Waals surface area contributed by atoms with Crippen LogP contribution in [0.1, 0.15) is 18.9 Å². The van der Waals surface area contributed by atoms with Gasteiger partial charge in [0.15, 0.2) is 0 Å². The molecule has 0 atom stereocenters. The van der Waals surface area contributed by atoms with Crippen molar-refractivity contribution in [2.45, 2.75) is 29.3 Å². The van der Waals surface area contributed by atoms with Crippen LogP contribution in [0.5, 0.6) is 0 Å². The third kappa shape index (κ3) is 6.35. The fourth-order valence-electron chi connectivity index (χ4n) is 3.16. The third-order valence-electron chi connectivity index (χ3n) is 4.96. The normalized spacial score (nSPS) is 12.3. The zero-order chi connectivity index (χ0) is 21.7. The molecule has 31 heavy (non-hydrogen) atoms. The third-order valence-corrected chi connectivity index (χ3v) is 6.06. The lowest BCUT2D eigenvalue weighted by atomic mass is 10.1. The Balaban J connectivity index is 0.00000341. The summed E-state index contributed by atoms with van der Waals surface area (Å²) >= 11 is 1.36. The summed E-state index contributed by atoms with van der Waals surface area (Å²) in [4.78, 5) is 3.57. The number of rotatable bonds is 9. The van der Waals surface area contributed by atoms with Crippen LogP contribution in [0, 0.1) is 0 Å². The second-order valence-electron chi connectivity index (χ2n) is 7.14. The molecule has 0 saturated carbocycles. The zero-order valence-corrected chi connectivity index (χ0v) is 19.2. The van der Waals surface area contributed by atoms with Crippen LogP contribution in [0.4, 0.5) is 35.9 Å². The highest BCUT2D eigenvalue weighted by Crippen LogP contribution is 2.50. The number of benzene rings is 2. The Hall–Kier alpha value is -1.81. The average molecular weight is 476 g/mol. The summed E-state index contributed by atoms with van der Waals surface area (Å²) in [5, 5.41) is 9.69. The number of nitrogens with two attached hydrogens (primary N) is 1. The van der Waals surface area contributed by atoms with Gasteiger partial charge in [-0.3, -0.25) is 0 Å². The monoisotopic (exact) mass is 475 g/mol. The van der Waals surface area contributed by atoms with E-state index in [1.54, 1.807) is 0 Å². The van der Waals surface area contributed by atoms with Gasteiger partial charge in [0.05, 0.1) is 22.6 Å². The Morgan fingerprint density at radius 3 is 2.55 bits per heavy atom. The summed E-state index contributed by atoms with van der Waals surface area (Å²) in [5.74, 6) is 0. The van der Waals surface area contributed by atoms with E-state index in [0.29, 0.717) is 29.4 Å². The van der Waals surface area contributed by atoms with Crippen LogP contribution in [-0.2, 0) is 6.18 Å². The molecule has 2 aromatic rings. The molecule has 0 bridgehead atoms. The summed E-state index contributed by atoms with van der Waals surface area (Å²) < 4.78 is 40.5. The number of nitrogens with one attached hydrogen (secondary N) is 3. The highest BCUT2D eigenvalue weighted by atomic mass is 35.5. The molecule has 5 nitrogen and oxygen atoms in total. The molecule has 5 N–H and O–H groups in total. The Morgan fingerprint density at radius 2 is 1.87 bits per heavy atom. The largest absolute Gasteiger partial charge is 0.416 e. The number of nitrogens with zero attached hydrogens (tertiary/aromatic N) is 1. The maximum Gasteiger partial charge on any atom is 0.416 e. The first kappa shape index (κ1) is 25.5. The number of hydrogen-bond donors (Lipinski definition) is 4. The maximum absolute atomic E-state index is 13.5. The van der Waals surface area contributed by atoms with Crippen molar-refractivity contribution in [1.82, 2.24) is 5.32 Å². The second-order valence-corrected chi connectivity index (χ2v) is 8.22. The van der Waals surface area contributed by atoms with E-state index in [0.717, 1.165) is 42.3 Å². The quantitative estimate of drug-likeness (QED) is 0.321. The minimum atomic E-state index is -4.40. The molecule has 3 rings (SSSR count). The summed E-state index contributed by atoms with van der Waals surface area (Å²) in [7, 11) is 1.99. The first-order valence-electron chi connectivity index (χ1n) is 10.0. The first-order valence-corrected chi connectivity index (χ1v) is 10.8. The summed E-state index contributed by atoms with van der Waals surface area (Å²) in [6.07, 6.45) is -3.62. The predicted octanol–water partition coefficient (Wildman–Crippen LogP) is 5.14. The first-order chi connectivity index (χ1) is 14.3. The van der Waals surface area contributed by atoms with Crippen molar-refractivity contribution in [1.29, 1.82) is 0 Å². The van der Waals surface area contributed by atoms with Gasteiger partial charge in [0.2, 0.25) is 0 Å². The lowest BCUT2D eigenvalue weighted by Gasteiger charge is -2.27. The van der Waals surface area contributed by atoms with Gasteiger partial charge in [0.25, 0.3) is 0 Å². The Morgan fingerprint density at radius 1 is 1.10 bits per heavy atom. The van der Waals surface area contributed by atoms with Gasteiger partial charge in [-0.2, -0.15) is 13.2 Å². The molecule has 1 aliphatic heterocycles. The molecule has 0 unspecified atom stereocenters. The van der Waals surface area contributed by atoms with Crippen molar-refractivity contribution in [3.63, 3.8) is 0 Å². The van der Waals surface area contributed by atoms with Crippen molar-refractivity contribution in [2.75, 3.05) is 55.3 Å². The average Bonchev–Trinajstić information content (AvgIpc) is 2.72. The highest BCUT2D eigenvalue weighted by molar-refractivity contribution is 7.99. The molecule has 0 amide bonds. The fourth-order valence-corrected chi connectivity index (χ4v) is 4.26. The Labute approximate surface area is 191 Å². The summed E-state index contributed by atoms with van der Waals surface area (Å²) in [6, 6.07) is 8.41. The Bertz CT molecular complexity index is 879. The van der Waals surface area contributed by atoms with Gasteiger partial charge >= 0.3 is 6.18 Å². The van der Waals surface area contributed by atoms with Gasteiger partial charge in [-0.1, -0.05) is 11.8 Å². The molecule has 0 radical (unpaired) electrons. The SMILES string of the molecule is CCN(C)c1ccc2c(c1)Sc1cc(C(F)(F)F)cc(NCCCNCCN)c1N2.Cl. The van der Waals surface area contributed by atoms with E-state index in [1.807, 2.05) is 25.2 Å². The van der Waals surface area contributed by atoms with Crippen LogP contribution in [0.25, 0.3) is 0 Å². The predicted molar refractivity (Wildman–Crippen MR) is 127 cm³/mol. The van der Waals surface area contributed by atoms with Crippen LogP contribution in [0.2, 0.25) is 0 Å².